The molecule has 1 aliphatic rings. The average Bonchev–Trinajstić information content (AvgIpc) is 2.97. The number of hydrogen-bond acceptors (Lipinski definition) is 6. The Morgan fingerprint density at radius 2 is 1.23 bits per heavy atom. The molecule has 0 bridgehead atoms. The van der Waals surface area contributed by atoms with Crippen LogP contribution in [0.5, 0.6) is 5.75 Å². The molecule has 1 aliphatic heterocycles. The monoisotopic (exact) mass is 533 g/mol. The van der Waals surface area contributed by atoms with Gasteiger partial charge in [0.2, 0.25) is 5.91 Å². The molecule has 3 aromatic rings. The molecular formula is C30H35N3O6. The lowest BCUT2D eigenvalue weighted by Gasteiger charge is -2.40. The van der Waals surface area contributed by atoms with Crippen LogP contribution in [0.25, 0.3) is 0 Å². The first-order valence-corrected chi connectivity index (χ1v) is 12.7. The zero-order chi connectivity index (χ0) is 28.2. The predicted octanol–water partition coefficient (Wildman–Crippen LogP) is 3.59. The van der Waals surface area contributed by atoms with Crippen molar-refractivity contribution in [3.8, 4) is 5.75 Å². The number of amides is 1. The van der Waals surface area contributed by atoms with E-state index in [0.717, 1.165) is 43.1 Å². The summed E-state index contributed by atoms with van der Waals surface area (Å²) in [6, 6.07) is 28.5. The fourth-order valence-corrected chi connectivity index (χ4v) is 4.40. The molecule has 0 radical (unpaired) electrons. The highest BCUT2D eigenvalue weighted by Crippen LogP contribution is 2.22. The van der Waals surface area contributed by atoms with Gasteiger partial charge in [-0.15, -0.1) is 0 Å². The number of benzene rings is 3. The van der Waals surface area contributed by atoms with Crippen molar-refractivity contribution in [3.63, 3.8) is 0 Å². The number of aliphatic carboxylic acids is 2. The molecule has 3 aromatic carbocycles. The van der Waals surface area contributed by atoms with E-state index in [1.807, 2.05) is 60.4 Å². The molecule has 1 heterocycles. The predicted molar refractivity (Wildman–Crippen MR) is 149 cm³/mol. The van der Waals surface area contributed by atoms with Crippen molar-refractivity contribution in [1.82, 2.24) is 9.80 Å². The number of carboxylic acid groups (broad SMARTS) is 2. The van der Waals surface area contributed by atoms with Crippen LogP contribution in [0.3, 0.4) is 0 Å². The lowest BCUT2D eigenvalue weighted by Crippen LogP contribution is -2.54. The molecule has 2 N–H and O–H groups in total. The zero-order valence-corrected chi connectivity index (χ0v) is 22.3. The SMILES string of the molecule is COc1ccc(N2CCN(C(C)C(=O)N(Cc3ccccc3)Cc3ccccc3)CC2)cc1.O=C(O)C(=O)O. The highest BCUT2D eigenvalue weighted by Gasteiger charge is 2.29. The third-order valence-electron chi connectivity index (χ3n) is 6.58. The number of methoxy groups -OCH3 is 1. The summed E-state index contributed by atoms with van der Waals surface area (Å²) in [6.45, 7) is 6.82. The molecule has 1 amide bonds. The second-order valence-corrected chi connectivity index (χ2v) is 9.17. The van der Waals surface area contributed by atoms with Gasteiger partial charge in [0.25, 0.3) is 0 Å². The molecule has 0 saturated carbocycles. The topological polar surface area (TPSA) is 111 Å². The van der Waals surface area contributed by atoms with E-state index in [1.54, 1.807) is 7.11 Å². The van der Waals surface area contributed by atoms with Crippen LogP contribution in [0.2, 0.25) is 0 Å². The van der Waals surface area contributed by atoms with E-state index in [1.165, 1.54) is 5.69 Å². The Morgan fingerprint density at radius 1 is 0.769 bits per heavy atom. The molecule has 9 nitrogen and oxygen atoms in total. The fourth-order valence-electron chi connectivity index (χ4n) is 4.40. The summed E-state index contributed by atoms with van der Waals surface area (Å²) in [5.74, 6) is -2.60. The minimum atomic E-state index is -1.82. The second-order valence-electron chi connectivity index (χ2n) is 9.17. The highest BCUT2D eigenvalue weighted by atomic mass is 16.5. The van der Waals surface area contributed by atoms with E-state index in [2.05, 4.69) is 46.2 Å². The molecule has 9 heteroatoms. The summed E-state index contributed by atoms with van der Waals surface area (Å²) in [5.41, 5.74) is 3.50. The average molecular weight is 534 g/mol. The Labute approximate surface area is 228 Å². The summed E-state index contributed by atoms with van der Waals surface area (Å²) in [7, 11) is 1.69. The third-order valence-corrected chi connectivity index (χ3v) is 6.58. The maximum absolute atomic E-state index is 13.6. The van der Waals surface area contributed by atoms with Crippen molar-refractivity contribution in [2.24, 2.45) is 0 Å². The van der Waals surface area contributed by atoms with Gasteiger partial charge in [-0.05, 0) is 42.3 Å². The van der Waals surface area contributed by atoms with Crippen LogP contribution in [0.15, 0.2) is 84.9 Å². The first-order valence-electron chi connectivity index (χ1n) is 12.7. The first kappa shape index (κ1) is 29.2. The zero-order valence-electron chi connectivity index (χ0n) is 22.3. The molecule has 0 aromatic heterocycles. The van der Waals surface area contributed by atoms with Crippen molar-refractivity contribution in [2.75, 3.05) is 38.2 Å². The minimum absolute atomic E-state index is 0.157. The smallest absolute Gasteiger partial charge is 0.414 e. The van der Waals surface area contributed by atoms with Gasteiger partial charge in [0.1, 0.15) is 5.75 Å². The minimum Gasteiger partial charge on any atom is -0.497 e. The number of piperazine rings is 1. The van der Waals surface area contributed by atoms with Gasteiger partial charge in [0.05, 0.1) is 13.2 Å². The number of anilines is 1. The van der Waals surface area contributed by atoms with Crippen LogP contribution < -0.4 is 9.64 Å². The van der Waals surface area contributed by atoms with Crippen LogP contribution in [0.4, 0.5) is 5.69 Å². The summed E-state index contributed by atoms with van der Waals surface area (Å²) in [4.78, 5) is 38.5. The van der Waals surface area contributed by atoms with E-state index in [0.29, 0.717) is 13.1 Å². The summed E-state index contributed by atoms with van der Waals surface area (Å²) in [6.07, 6.45) is 0. The Bertz CT molecular complexity index is 1140. The molecule has 0 aliphatic carbocycles. The van der Waals surface area contributed by atoms with E-state index >= 15 is 0 Å². The van der Waals surface area contributed by atoms with E-state index < -0.39 is 11.9 Å². The Kier molecular flexibility index (Phi) is 10.9. The molecular weight excluding hydrogens is 498 g/mol. The van der Waals surface area contributed by atoms with Gasteiger partial charge in [-0.1, -0.05) is 60.7 Å². The Morgan fingerprint density at radius 3 is 1.64 bits per heavy atom. The maximum Gasteiger partial charge on any atom is 0.414 e. The molecule has 0 spiro atoms. The number of rotatable bonds is 8. The summed E-state index contributed by atoms with van der Waals surface area (Å²) < 4.78 is 5.27. The van der Waals surface area contributed by atoms with Crippen LogP contribution >= 0.6 is 0 Å². The van der Waals surface area contributed by atoms with Gasteiger partial charge in [0, 0.05) is 45.0 Å². The third kappa shape index (κ3) is 8.86. The lowest BCUT2D eigenvalue weighted by atomic mass is 10.1. The second kappa shape index (κ2) is 14.5. The van der Waals surface area contributed by atoms with Crippen molar-refractivity contribution >= 4 is 23.5 Å². The van der Waals surface area contributed by atoms with Gasteiger partial charge in [-0.25, -0.2) is 9.59 Å². The molecule has 39 heavy (non-hydrogen) atoms. The fraction of sp³-hybridized carbons (Fsp3) is 0.300. The van der Waals surface area contributed by atoms with Crippen molar-refractivity contribution in [1.29, 1.82) is 0 Å². The molecule has 206 valence electrons. The van der Waals surface area contributed by atoms with Crippen molar-refractivity contribution < 1.29 is 29.3 Å². The van der Waals surface area contributed by atoms with Gasteiger partial charge in [-0.3, -0.25) is 9.69 Å². The number of carbonyl (C=O) groups excluding carboxylic acids is 1. The van der Waals surface area contributed by atoms with Gasteiger partial charge < -0.3 is 24.7 Å². The van der Waals surface area contributed by atoms with E-state index in [4.69, 9.17) is 24.5 Å². The van der Waals surface area contributed by atoms with Gasteiger partial charge in [0.15, 0.2) is 0 Å². The van der Waals surface area contributed by atoms with E-state index in [-0.39, 0.29) is 11.9 Å². The number of nitrogens with zero attached hydrogens (tertiary/aromatic N) is 3. The van der Waals surface area contributed by atoms with Gasteiger partial charge in [-0.2, -0.15) is 0 Å². The van der Waals surface area contributed by atoms with Crippen LogP contribution in [0, 0.1) is 0 Å². The van der Waals surface area contributed by atoms with E-state index in [9.17, 15) is 4.79 Å². The number of hydrogen-bond donors (Lipinski definition) is 2. The van der Waals surface area contributed by atoms with Crippen molar-refractivity contribution in [3.05, 3.63) is 96.1 Å². The first-order chi connectivity index (χ1) is 18.8. The standard InChI is InChI=1S/C28H33N3O2.C2H2O4/c1-23(29-17-19-30(20-18-29)26-13-15-27(33-2)16-14-26)28(32)31(21-24-9-5-3-6-10-24)22-25-11-7-4-8-12-25;3-1(4)2(5)6/h3-16,23H,17-22H2,1-2H3;(H,3,4)(H,5,6). The lowest BCUT2D eigenvalue weighted by molar-refractivity contribution is -0.159. The molecule has 1 saturated heterocycles. The normalized spacial score (nSPS) is 13.9. The summed E-state index contributed by atoms with van der Waals surface area (Å²) >= 11 is 0. The molecule has 1 unspecified atom stereocenters. The van der Waals surface area contributed by atoms with Crippen LogP contribution in [-0.4, -0.2) is 77.2 Å². The van der Waals surface area contributed by atoms with Crippen molar-refractivity contribution in [2.45, 2.75) is 26.1 Å². The van der Waals surface area contributed by atoms with Gasteiger partial charge >= 0.3 is 11.9 Å². The number of carboxylic acids is 2. The number of carbonyl (C=O) groups is 3. The van der Waals surface area contributed by atoms with Crippen LogP contribution in [0.1, 0.15) is 18.1 Å². The molecule has 1 atom stereocenters. The molecule has 1 fully saturated rings. The summed E-state index contributed by atoms with van der Waals surface area (Å²) in [5, 5.41) is 14.8. The quantitative estimate of drug-likeness (QED) is 0.423. The van der Waals surface area contributed by atoms with Crippen LogP contribution in [-0.2, 0) is 27.5 Å². The number of ether oxygens (including phenoxy) is 1. The Hall–Kier alpha value is -4.37. The maximum atomic E-state index is 13.6. The highest BCUT2D eigenvalue weighted by molar-refractivity contribution is 6.27. The largest absolute Gasteiger partial charge is 0.497 e. The molecule has 4 rings (SSSR count). The Balaban J connectivity index is 0.000000631.